The van der Waals surface area contributed by atoms with Crippen LogP contribution in [0.3, 0.4) is 0 Å². The molecule has 0 radical (unpaired) electrons. The number of nitrogens with zero attached hydrogens (tertiary/aromatic N) is 1. The van der Waals surface area contributed by atoms with E-state index in [9.17, 15) is 9.18 Å². The number of terminal acetylenes is 1. The molecule has 116 valence electrons. The second-order valence-electron chi connectivity index (χ2n) is 5.84. The molecule has 23 heavy (non-hydrogen) atoms. The van der Waals surface area contributed by atoms with Gasteiger partial charge < -0.3 is 0 Å². The van der Waals surface area contributed by atoms with Gasteiger partial charge >= 0.3 is 0 Å². The summed E-state index contributed by atoms with van der Waals surface area (Å²) in [5, 5.41) is 1.85. The molecule has 0 N–H and O–H groups in total. The second kappa shape index (κ2) is 5.82. The number of thioether (sulfide) groups is 1. The van der Waals surface area contributed by atoms with Gasteiger partial charge in [0.2, 0.25) is 0 Å². The molecule has 0 spiro atoms. The predicted molar refractivity (Wildman–Crippen MR) is 94.6 cm³/mol. The van der Waals surface area contributed by atoms with Crippen molar-refractivity contribution in [2.75, 3.05) is 0 Å². The van der Waals surface area contributed by atoms with Gasteiger partial charge in [-0.15, -0.1) is 6.42 Å². The summed E-state index contributed by atoms with van der Waals surface area (Å²) in [6.45, 7) is 5.36. The molecule has 0 saturated heterocycles. The van der Waals surface area contributed by atoms with E-state index in [0.29, 0.717) is 10.9 Å². The van der Waals surface area contributed by atoms with Gasteiger partial charge in [0.1, 0.15) is 11.6 Å². The number of Topliss-reactive ketones (excluding diaryl/α,β-unsaturated/α-hetero) is 1. The number of hydrogen-bond donors (Lipinski definition) is 0. The molecule has 1 heterocycles. The van der Waals surface area contributed by atoms with Crippen LogP contribution in [0.15, 0.2) is 29.3 Å². The molecule has 2 aromatic carbocycles. The van der Waals surface area contributed by atoms with Crippen LogP contribution in [0.4, 0.5) is 4.39 Å². The van der Waals surface area contributed by atoms with E-state index in [1.165, 1.54) is 17.8 Å². The molecular weight excluding hydrogens is 309 g/mol. The van der Waals surface area contributed by atoms with E-state index < -0.39 is 0 Å². The van der Waals surface area contributed by atoms with Crippen LogP contribution in [0.1, 0.15) is 30.5 Å². The van der Waals surface area contributed by atoms with Crippen LogP contribution in [0.2, 0.25) is 0 Å². The number of aliphatic imine (C=N–C) groups is 1. The summed E-state index contributed by atoms with van der Waals surface area (Å²) < 4.78 is 14.3. The molecule has 0 aromatic heterocycles. The van der Waals surface area contributed by atoms with Crippen molar-refractivity contribution >= 4 is 33.4 Å². The van der Waals surface area contributed by atoms with E-state index in [1.807, 2.05) is 26.0 Å². The number of aryl methyl sites for hydroxylation is 1. The number of carbonyl (C=O) groups excluding carboxylic acids is 1. The molecule has 2 aromatic rings. The van der Waals surface area contributed by atoms with Gasteiger partial charge in [0.25, 0.3) is 0 Å². The van der Waals surface area contributed by atoms with Crippen LogP contribution in [0.25, 0.3) is 10.8 Å². The lowest BCUT2D eigenvalue weighted by atomic mass is 9.99. The third-order valence-corrected chi connectivity index (χ3v) is 5.49. The van der Waals surface area contributed by atoms with Crippen molar-refractivity contribution in [3.05, 3.63) is 46.8 Å². The highest BCUT2D eigenvalue weighted by atomic mass is 32.2. The zero-order valence-corrected chi connectivity index (χ0v) is 14.0. The number of rotatable bonds is 2. The quantitative estimate of drug-likeness (QED) is 0.778. The van der Waals surface area contributed by atoms with Gasteiger partial charge in [-0.2, -0.15) is 0 Å². The topological polar surface area (TPSA) is 29.4 Å². The summed E-state index contributed by atoms with van der Waals surface area (Å²) in [4.78, 5) is 16.3. The Morgan fingerprint density at radius 2 is 2.09 bits per heavy atom. The van der Waals surface area contributed by atoms with Crippen LogP contribution in [0, 0.1) is 25.1 Å². The molecule has 3 rings (SSSR count). The molecule has 0 fully saturated rings. The number of hydrogen-bond acceptors (Lipinski definition) is 3. The van der Waals surface area contributed by atoms with Crippen molar-refractivity contribution in [3.8, 4) is 12.3 Å². The van der Waals surface area contributed by atoms with E-state index in [0.717, 1.165) is 21.6 Å². The summed E-state index contributed by atoms with van der Waals surface area (Å²) in [7, 11) is 0. The van der Waals surface area contributed by atoms with Crippen molar-refractivity contribution in [3.63, 3.8) is 0 Å². The lowest BCUT2D eigenvalue weighted by molar-refractivity contribution is -0.116. The predicted octanol–water partition coefficient (Wildman–Crippen LogP) is 4.11. The normalized spacial score (nSPS) is 20.4. The number of carbonyl (C=O) groups is 1. The third kappa shape index (κ3) is 2.77. The van der Waals surface area contributed by atoms with Crippen molar-refractivity contribution in [2.24, 2.45) is 4.99 Å². The fraction of sp³-hybridized carbons (Fsp3) is 0.263. The first kappa shape index (κ1) is 15.8. The minimum absolute atomic E-state index is 0.0632. The van der Waals surface area contributed by atoms with Crippen LogP contribution >= 0.6 is 11.8 Å². The van der Waals surface area contributed by atoms with E-state index in [4.69, 9.17) is 6.42 Å². The van der Waals surface area contributed by atoms with Gasteiger partial charge in [0, 0.05) is 16.5 Å². The Kier molecular flexibility index (Phi) is 3.99. The lowest BCUT2D eigenvalue weighted by Crippen LogP contribution is -2.21. The average Bonchev–Trinajstić information content (AvgIpc) is 2.87. The molecule has 0 aliphatic carbocycles. The summed E-state index contributed by atoms with van der Waals surface area (Å²) in [6.07, 6.45) is 5.58. The Balaban J connectivity index is 2.16. The standard InChI is InChI=1S/C19H16FNOS/c1-5-13-8-15(19-21-11(3)18(23-19)12(4)22)9-14-6-10(2)7-16(20)17(13)14/h1,6-9,11,18H,2-4H3. The zero-order chi connectivity index (χ0) is 16.7. The summed E-state index contributed by atoms with van der Waals surface area (Å²) in [6, 6.07) is 7.01. The van der Waals surface area contributed by atoms with Gasteiger partial charge in [-0.25, -0.2) is 4.39 Å². The van der Waals surface area contributed by atoms with Gasteiger partial charge in [-0.3, -0.25) is 9.79 Å². The molecule has 0 saturated carbocycles. The Morgan fingerprint density at radius 3 is 2.70 bits per heavy atom. The number of halogens is 1. The lowest BCUT2D eigenvalue weighted by Gasteiger charge is -2.10. The zero-order valence-electron chi connectivity index (χ0n) is 13.2. The fourth-order valence-corrected chi connectivity index (χ4v) is 4.05. The highest BCUT2D eigenvalue weighted by molar-refractivity contribution is 8.15. The molecule has 4 heteroatoms. The summed E-state index contributed by atoms with van der Waals surface area (Å²) in [5.74, 6) is 2.37. The molecule has 2 atom stereocenters. The van der Waals surface area contributed by atoms with Crippen molar-refractivity contribution < 1.29 is 9.18 Å². The second-order valence-corrected chi connectivity index (χ2v) is 6.97. The van der Waals surface area contributed by atoms with Crippen molar-refractivity contribution in [2.45, 2.75) is 32.1 Å². The number of benzene rings is 2. The molecule has 2 unspecified atom stereocenters. The molecule has 2 nitrogen and oxygen atoms in total. The minimum atomic E-state index is -0.310. The van der Waals surface area contributed by atoms with Gasteiger partial charge in [-0.1, -0.05) is 23.7 Å². The van der Waals surface area contributed by atoms with Crippen LogP contribution in [-0.2, 0) is 4.79 Å². The Morgan fingerprint density at radius 1 is 1.35 bits per heavy atom. The largest absolute Gasteiger partial charge is 0.299 e. The van der Waals surface area contributed by atoms with E-state index in [2.05, 4.69) is 10.9 Å². The fourth-order valence-electron chi connectivity index (χ4n) is 2.91. The average molecular weight is 325 g/mol. The monoisotopic (exact) mass is 325 g/mol. The third-order valence-electron chi connectivity index (χ3n) is 3.95. The SMILES string of the molecule is C#Cc1cc(C2=NC(C)C(C(C)=O)S2)cc2cc(C)cc(F)c12. The highest BCUT2D eigenvalue weighted by Gasteiger charge is 2.31. The number of ketones is 1. The maximum atomic E-state index is 14.3. The molecule has 1 aliphatic heterocycles. The Bertz CT molecular complexity index is 894. The van der Waals surface area contributed by atoms with Gasteiger partial charge in [-0.05, 0) is 49.9 Å². The molecule has 0 bridgehead atoms. The molecule has 1 aliphatic rings. The summed E-state index contributed by atoms with van der Waals surface area (Å²) >= 11 is 1.45. The smallest absolute Gasteiger partial charge is 0.145 e. The summed E-state index contributed by atoms with van der Waals surface area (Å²) in [5.41, 5.74) is 2.19. The van der Waals surface area contributed by atoms with Crippen LogP contribution in [-0.4, -0.2) is 22.1 Å². The minimum Gasteiger partial charge on any atom is -0.299 e. The molecular formula is C19H16FNOS. The van der Waals surface area contributed by atoms with Gasteiger partial charge in [0.15, 0.2) is 0 Å². The maximum Gasteiger partial charge on any atom is 0.145 e. The van der Waals surface area contributed by atoms with Gasteiger partial charge in [0.05, 0.1) is 16.3 Å². The van der Waals surface area contributed by atoms with E-state index >= 15 is 0 Å². The Hall–Kier alpha value is -2.12. The first-order chi connectivity index (χ1) is 10.9. The van der Waals surface area contributed by atoms with Crippen LogP contribution < -0.4 is 0 Å². The van der Waals surface area contributed by atoms with Crippen LogP contribution in [0.5, 0.6) is 0 Å². The highest BCUT2D eigenvalue weighted by Crippen LogP contribution is 2.33. The molecule has 0 amide bonds. The maximum absolute atomic E-state index is 14.3. The van der Waals surface area contributed by atoms with E-state index in [1.54, 1.807) is 13.0 Å². The van der Waals surface area contributed by atoms with E-state index in [-0.39, 0.29) is 22.9 Å². The van der Waals surface area contributed by atoms with Crippen molar-refractivity contribution in [1.29, 1.82) is 0 Å². The first-order valence-electron chi connectivity index (χ1n) is 7.36. The van der Waals surface area contributed by atoms with Crippen molar-refractivity contribution in [1.82, 2.24) is 0 Å². The Labute approximate surface area is 139 Å². The number of fused-ring (bicyclic) bond motifs is 1. The first-order valence-corrected chi connectivity index (χ1v) is 8.24.